The molecule has 19 heavy (non-hydrogen) atoms. The molecular weight excluding hydrogens is 261 g/mol. The van der Waals surface area contributed by atoms with Crippen LogP contribution >= 0.6 is 0 Å². The molecule has 0 bridgehead atoms. The summed E-state index contributed by atoms with van der Waals surface area (Å²) in [7, 11) is 0. The van der Waals surface area contributed by atoms with Crippen molar-refractivity contribution < 1.29 is 18.0 Å². The highest BCUT2D eigenvalue weighted by atomic mass is 19.4. The Labute approximate surface area is 106 Å². The van der Waals surface area contributed by atoms with Crippen LogP contribution in [0, 0.1) is 0 Å². The second kappa shape index (κ2) is 5.09. The average molecular weight is 270 g/mol. The molecule has 1 aromatic carbocycles. The zero-order valence-electron chi connectivity index (χ0n) is 9.55. The van der Waals surface area contributed by atoms with Crippen molar-refractivity contribution in [2.45, 2.75) is 12.7 Å². The SMILES string of the molecule is O=C(Cn1cnnc1)Nc1cccc(C(F)(F)F)c1. The van der Waals surface area contributed by atoms with Crippen molar-refractivity contribution in [2.24, 2.45) is 0 Å². The lowest BCUT2D eigenvalue weighted by atomic mass is 10.2. The van der Waals surface area contributed by atoms with Gasteiger partial charge in [-0.25, -0.2) is 0 Å². The van der Waals surface area contributed by atoms with Crippen LogP contribution in [0.25, 0.3) is 0 Å². The van der Waals surface area contributed by atoms with Gasteiger partial charge in [0, 0.05) is 5.69 Å². The van der Waals surface area contributed by atoms with Gasteiger partial charge in [0.05, 0.1) is 5.56 Å². The Morgan fingerprint density at radius 2 is 1.95 bits per heavy atom. The molecular formula is C11H9F3N4O. The minimum atomic E-state index is -4.44. The molecule has 0 aliphatic carbocycles. The van der Waals surface area contributed by atoms with E-state index in [9.17, 15) is 18.0 Å². The summed E-state index contributed by atoms with van der Waals surface area (Å²) in [6.07, 6.45) is -1.76. The van der Waals surface area contributed by atoms with Crippen LogP contribution in [-0.4, -0.2) is 20.7 Å². The molecule has 0 atom stereocenters. The lowest BCUT2D eigenvalue weighted by molar-refractivity contribution is -0.137. The number of carbonyl (C=O) groups is 1. The third kappa shape index (κ3) is 3.54. The molecule has 0 unspecified atom stereocenters. The first-order valence-corrected chi connectivity index (χ1v) is 5.25. The lowest BCUT2D eigenvalue weighted by Crippen LogP contribution is -2.18. The number of aromatic nitrogens is 3. The van der Waals surface area contributed by atoms with Crippen molar-refractivity contribution in [1.82, 2.24) is 14.8 Å². The molecule has 0 spiro atoms. The van der Waals surface area contributed by atoms with Crippen LogP contribution in [0.2, 0.25) is 0 Å². The maximum atomic E-state index is 12.5. The van der Waals surface area contributed by atoms with Crippen LogP contribution in [0.1, 0.15) is 5.56 Å². The molecule has 100 valence electrons. The van der Waals surface area contributed by atoms with E-state index < -0.39 is 17.6 Å². The van der Waals surface area contributed by atoms with Crippen LogP contribution in [-0.2, 0) is 17.5 Å². The maximum Gasteiger partial charge on any atom is 0.416 e. The van der Waals surface area contributed by atoms with E-state index in [1.165, 1.54) is 29.4 Å². The average Bonchev–Trinajstić information content (AvgIpc) is 2.80. The number of alkyl halides is 3. The summed E-state index contributed by atoms with van der Waals surface area (Å²) in [6.45, 7) is -0.0662. The summed E-state index contributed by atoms with van der Waals surface area (Å²) in [5.41, 5.74) is -0.720. The largest absolute Gasteiger partial charge is 0.416 e. The molecule has 1 N–H and O–H groups in total. The quantitative estimate of drug-likeness (QED) is 0.927. The summed E-state index contributed by atoms with van der Waals surface area (Å²) >= 11 is 0. The van der Waals surface area contributed by atoms with Crippen molar-refractivity contribution in [3.05, 3.63) is 42.5 Å². The smallest absolute Gasteiger partial charge is 0.325 e. The van der Waals surface area contributed by atoms with Crippen LogP contribution in [0.15, 0.2) is 36.9 Å². The summed E-state index contributed by atoms with van der Waals surface area (Å²) in [6, 6.07) is 4.44. The fraction of sp³-hybridized carbons (Fsp3) is 0.182. The van der Waals surface area contributed by atoms with E-state index in [2.05, 4.69) is 15.5 Å². The summed E-state index contributed by atoms with van der Waals surface area (Å²) in [5, 5.41) is 9.40. The van der Waals surface area contributed by atoms with Crippen molar-refractivity contribution in [3.63, 3.8) is 0 Å². The Kier molecular flexibility index (Phi) is 3.50. The van der Waals surface area contributed by atoms with Crippen molar-refractivity contribution >= 4 is 11.6 Å². The normalized spacial score (nSPS) is 11.3. The first-order valence-electron chi connectivity index (χ1n) is 5.25. The minimum absolute atomic E-state index is 0.0662. The molecule has 0 radical (unpaired) electrons. The number of rotatable bonds is 3. The second-order valence-corrected chi connectivity index (χ2v) is 3.76. The van der Waals surface area contributed by atoms with Gasteiger partial charge in [0.15, 0.2) is 0 Å². The van der Waals surface area contributed by atoms with Crippen LogP contribution < -0.4 is 5.32 Å². The highest BCUT2D eigenvalue weighted by Gasteiger charge is 2.30. The number of benzene rings is 1. The zero-order valence-corrected chi connectivity index (χ0v) is 9.55. The summed E-state index contributed by atoms with van der Waals surface area (Å²) in [5.74, 6) is -0.459. The predicted octanol–water partition coefficient (Wildman–Crippen LogP) is 1.94. The lowest BCUT2D eigenvalue weighted by Gasteiger charge is -2.09. The molecule has 1 heterocycles. The number of nitrogens with one attached hydrogen (secondary N) is 1. The number of anilines is 1. The number of hydrogen-bond acceptors (Lipinski definition) is 3. The van der Waals surface area contributed by atoms with Gasteiger partial charge < -0.3 is 9.88 Å². The number of nitrogens with zero attached hydrogens (tertiary/aromatic N) is 3. The van der Waals surface area contributed by atoms with Gasteiger partial charge in [0.2, 0.25) is 5.91 Å². The zero-order chi connectivity index (χ0) is 13.9. The van der Waals surface area contributed by atoms with Gasteiger partial charge in [-0.05, 0) is 18.2 Å². The molecule has 1 amide bonds. The van der Waals surface area contributed by atoms with E-state index in [4.69, 9.17) is 0 Å². The first-order chi connectivity index (χ1) is 8.95. The number of hydrogen-bond donors (Lipinski definition) is 1. The van der Waals surface area contributed by atoms with Gasteiger partial charge >= 0.3 is 6.18 Å². The van der Waals surface area contributed by atoms with E-state index in [-0.39, 0.29) is 12.2 Å². The topological polar surface area (TPSA) is 59.8 Å². The van der Waals surface area contributed by atoms with E-state index in [0.717, 1.165) is 12.1 Å². The van der Waals surface area contributed by atoms with Crippen molar-refractivity contribution in [1.29, 1.82) is 0 Å². The van der Waals surface area contributed by atoms with Crippen molar-refractivity contribution in [3.8, 4) is 0 Å². The van der Waals surface area contributed by atoms with Gasteiger partial charge in [-0.2, -0.15) is 13.2 Å². The molecule has 0 saturated carbocycles. The number of carbonyl (C=O) groups excluding carboxylic acids is 1. The van der Waals surface area contributed by atoms with Crippen LogP contribution in [0.3, 0.4) is 0 Å². The van der Waals surface area contributed by atoms with E-state index in [1.807, 2.05) is 0 Å². The van der Waals surface area contributed by atoms with Gasteiger partial charge in [-0.15, -0.1) is 10.2 Å². The first kappa shape index (κ1) is 13.1. The third-order valence-electron chi connectivity index (χ3n) is 2.27. The number of amides is 1. The highest BCUT2D eigenvalue weighted by molar-refractivity contribution is 5.90. The molecule has 1 aromatic heterocycles. The molecule has 0 fully saturated rings. The minimum Gasteiger partial charge on any atom is -0.325 e. The molecule has 2 aromatic rings. The Balaban J connectivity index is 2.05. The fourth-order valence-electron chi connectivity index (χ4n) is 1.44. The van der Waals surface area contributed by atoms with Crippen molar-refractivity contribution in [2.75, 3.05) is 5.32 Å². The molecule has 5 nitrogen and oxygen atoms in total. The van der Waals surface area contributed by atoms with Gasteiger partial charge in [-0.1, -0.05) is 6.07 Å². The Hall–Kier alpha value is -2.38. The van der Waals surface area contributed by atoms with E-state index in [1.54, 1.807) is 0 Å². The monoisotopic (exact) mass is 270 g/mol. The van der Waals surface area contributed by atoms with Crippen LogP contribution in [0.5, 0.6) is 0 Å². The van der Waals surface area contributed by atoms with Gasteiger partial charge in [0.1, 0.15) is 19.2 Å². The van der Waals surface area contributed by atoms with Gasteiger partial charge in [-0.3, -0.25) is 4.79 Å². The molecule has 0 aliphatic rings. The van der Waals surface area contributed by atoms with Gasteiger partial charge in [0.25, 0.3) is 0 Å². The summed E-state index contributed by atoms with van der Waals surface area (Å²) < 4.78 is 38.8. The van der Waals surface area contributed by atoms with E-state index >= 15 is 0 Å². The highest BCUT2D eigenvalue weighted by Crippen LogP contribution is 2.30. The predicted molar refractivity (Wildman–Crippen MR) is 60.1 cm³/mol. The standard InChI is InChI=1S/C11H9F3N4O/c12-11(13,14)8-2-1-3-9(4-8)17-10(19)5-18-6-15-16-7-18/h1-4,6-7H,5H2,(H,17,19). The number of halogens is 3. The molecule has 0 aliphatic heterocycles. The van der Waals surface area contributed by atoms with Crippen LogP contribution in [0.4, 0.5) is 18.9 Å². The Morgan fingerprint density at radius 3 is 2.58 bits per heavy atom. The second-order valence-electron chi connectivity index (χ2n) is 3.76. The van der Waals surface area contributed by atoms with E-state index in [0.29, 0.717) is 0 Å². The molecule has 8 heteroatoms. The Morgan fingerprint density at radius 1 is 1.26 bits per heavy atom. The molecule has 0 saturated heterocycles. The maximum absolute atomic E-state index is 12.5. The Bertz CT molecular complexity index is 566. The third-order valence-corrected chi connectivity index (χ3v) is 2.27. The fourth-order valence-corrected chi connectivity index (χ4v) is 1.44. The molecule has 2 rings (SSSR count). The summed E-state index contributed by atoms with van der Waals surface area (Å²) in [4.78, 5) is 11.6.